The third-order valence-corrected chi connectivity index (χ3v) is 10.9. The van der Waals surface area contributed by atoms with Gasteiger partial charge in [-0.1, -0.05) is 130 Å². The maximum absolute atomic E-state index is 12.7. The Hall–Kier alpha value is -3.23. The Morgan fingerprint density at radius 3 is 1.95 bits per heavy atom. The van der Waals surface area contributed by atoms with Gasteiger partial charge in [-0.05, 0) is 70.6 Å². The van der Waals surface area contributed by atoms with Crippen LogP contribution >= 0.6 is 7.82 Å². The summed E-state index contributed by atoms with van der Waals surface area (Å²) < 4.78 is 39.4. The van der Waals surface area contributed by atoms with Crippen molar-refractivity contribution in [1.29, 1.82) is 0 Å². The number of aliphatic hydroxyl groups is 3. The fraction of sp³-hybridized carbons (Fsp3) is 0.640. The van der Waals surface area contributed by atoms with Crippen molar-refractivity contribution in [2.75, 3.05) is 47.5 Å². The van der Waals surface area contributed by atoms with Crippen molar-refractivity contribution in [3.63, 3.8) is 0 Å². The molecule has 364 valence electrons. The van der Waals surface area contributed by atoms with Gasteiger partial charge in [0.05, 0.1) is 46.1 Å². The summed E-state index contributed by atoms with van der Waals surface area (Å²) >= 11 is 0. The molecule has 0 saturated carbocycles. The Bertz CT molecular complexity index is 1530. The first kappa shape index (κ1) is 58.8. The Balaban J connectivity index is 2.57. The highest BCUT2D eigenvalue weighted by molar-refractivity contribution is 7.45. The highest BCUT2D eigenvalue weighted by Gasteiger charge is 2.35. The van der Waals surface area contributed by atoms with Crippen molar-refractivity contribution in [2.45, 2.75) is 154 Å². The molecule has 0 aromatic carbocycles. The standard InChI is InChI=1S/C50H82NO12P/c1-6-8-10-11-12-13-14-15-16-17-18-19-20-21-22-23-24-25-31-35-49(55)62-44(42-61-64(57,58)60-39-38-51(3,4)5)41-59-48(54)34-30-27-26-29-33-45-46(53)40-50(56)63-47(45)37-36-43(52)32-28-9-7-2/h8,10,12-13,15-16,18-19,21-22,24-26,29,36-37,43-47,50,52-53,56H,6-7,9,11,14,17,20,23,27-28,30-35,38-42H2,1-5H3/b10-8-,13-12-,16-15-,19-18-,22-21-,25-24-,29-26-,37-36+/t43-,44+,45-,46-,47+,50?/m0/s1. The Morgan fingerprint density at radius 2 is 1.36 bits per heavy atom. The van der Waals surface area contributed by atoms with Crippen LogP contribution in [0.2, 0.25) is 0 Å². The average Bonchev–Trinajstić information content (AvgIpc) is 3.23. The number of phosphoric ester groups is 1. The molecule has 0 aromatic heterocycles. The first-order valence-electron chi connectivity index (χ1n) is 23.3. The van der Waals surface area contributed by atoms with Gasteiger partial charge in [0, 0.05) is 25.2 Å². The van der Waals surface area contributed by atoms with Crippen LogP contribution < -0.4 is 4.89 Å². The Morgan fingerprint density at radius 1 is 0.766 bits per heavy atom. The number of phosphoric acid groups is 1. The maximum atomic E-state index is 12.7. The highest BCUT2D eigenvalue weighted by atomic mass is 31.2. The summed E-state index contributed by atoms with van der Waals surface area (Å²) in [5.74, 6) is -1.46. The molecule has 1 rings (SSSR count). The number of hydrogen-bond donors (Lipinski definition) is 3. The number of unbranched alkanes of at least 4 members (excludes halogenated alkanes) is 3. The number of carbonyl (C=O) groups excluding carboxylic acids is 2. The van der Waals surface area contributed by atoms with Crippen molar-refractivity contribution in [1.82, 2.24) is 0 Å². The number of hydrogen-bond acceptors (Lipinski definition) is 12. The molecule has 0 aliphatic carbocycles. The van der Waals surface area contributed by atoms with Crippen molar-refractivity contribution in [3.8, 4) is 0 Å². The quantitative estimate of drug-likeness (QED) is 0.0179. The van der Waals surface area contributed by atoms with Gasteiger partial charge in [-0.2, -0.15) is 0 Å². The van der Waals surface area contributed by atoms with E-state index in [2.05, 4.69) is 74.6 Å². The van der Waals surface area contributed by atoms with Crippen LogP contribution in [0, 0.1) is 5.92 Å². The molecule has 13 nitrogen and oxygen atoms in total. The number of allylic oxidation sites excluding steroid dienone is 14. The van der Waals surface area contributed by atoms with Crippen molar-refractivity contribution in [2.24, 2.45) is 5.92 Å². The normalized spacial score (nSPS) is 20.9. The predicted octanol–water partition coefficient (Wildman–Crippen LogP) is 8.83. The third-order valence-electron chi connectivity index (χ3n) is 9.90. The van der Waals surface area contributed by atoms with Crippen molar-refractivity contribution in [3.05, 3.63) is 97.2 Å². The van der Waals surface area contributed by atoms with E-state index in [1.165, 1.54) is 0 Å². The topological polar surface area (TPSA) is 181 Å². The van der Waals surface area contributed by atoms with Gasteiger partial charge < -0.3 is 48.0 Å². The second-order valence-corrected chi connectivity index (χ2v) is 18.3. The van der Waals surface area contributed by atoms with Crippen molar-refractivity contribution < 1.29 is 62.1 Å². The molecule has 3 N–H and O–H groups in total. The zero-order valence-electron chi connectivity index (χ0n) is 39.5. The molecule has 7 atom stereocenters. The third kappa shape index (κ3) is 34.2. The van der Waals surface area contributed by atoms with Gasteiger partial charge in [-0.15, -0.1) is 0 Å². The van der Waals surface area contributed by atoms with Gasteiger partial charge in [0.2, 0.25) is 0 Å². The lowest BCUT2D eigenvalue weighted by atomic mass is 9.87. The molecular formula is C50H82NO12P. The number of rotatable bonds is 36. The zero-order chi connectivity index (χ0) is 47.3. The molecule has 1 fully saturated rings. The SMILES string of the molecule is CC/C=C\C/C=C\C/C=C\C/C=C\C/C=C\C/C=C\CCC(=O)O[C@H](COC(=O)CCC/C=C\C[C@H]1[C@@H](O)CC(O)O[C@@H]1/C=C/[C@@H](O)CCCCC)COP(=O)([O-])OCC[N+](C)(C)C. The number of quaternary nitrogens is 1. The molecule has 1 saturated heterocycles. The molecule has 0 amide bonds. The second-order valence-electron chi connectivity index (χ2n) is 16.9. The Labute approximate surface area is 385 Å². The predicted molar refractivity (Wildman–Crippen MR) is 253 cm³/mol. The van der Waals surface area contributed by atoms with Crippen LogP contribution in [-0.4, -0.2) is 110 Å². The first-order chi connectivity index (χ1) is 30.7. The van der Waals surface area contributed by atoms with Gasteiger partial charge in [0.1, 0.15) is 19.8 Å². The van der Waals surface area contributed by atoms with E-state index in [1.54, 1.807) is 12.2 Å². The van der Waals surface area contributed by atoms with E-state index >= 15 is 0 Å². The van der Waals surface area contributed by atoms with E-state index in [0.29, 0.717) is 49.6 Å². The fourth-order valence-electron chi connectivity index (χ4n) is 6.19. The molecule has 0 bridgehead atoms. The van der Waals surface area contributed by atoms with E-state index in [-0.39, 0.29) is 31.8 Å². The van der Waals surface area contributed by atoms with Crippen LogP contribution in [0.25, 0.3) is 0 Å². The van der Waals surface area contributed by atoms with Crippen LogP contribution in [0.1, 0.15) is 123 Å². The average molecular weight is 920 g/mol. The number of aliphatic hydroxyl groups excluding tert-OH is 3. The molecule has 1 aliphatic rings. The summed E-state index contributed by atoms with van der Waals surface area (Å²) in [5, 5.41) is 31.0. The minimum atomic E-state index is -4.72. The molecule has 0 spiro atoms. The lowest BCUT2D eigenvalue weighted by Crippen LogP contribution is -2.43. The molecule has 2 unspecified atom stereocenters. The fourth-order valence-corrected chi connectivity index (χ4v) is 6.92. The van der Waals surface area contributed by atoms with Crippen molar-refractivity contribution >= 4 is 19.8 Å². The molecule has 0 aromatic rings. The van der Waals surface area contributed by atoms with E-state index < -0.39 is 63.7 Å². The number of likely N-dealkylation sites (N-methyl/N-ethyl adjacent to an activating group) is 1. The van der Waals surface area contributed by atoms with Gasteiger partial charge >= 0.3 is 11.9 Å². The monoisotopic (exact) mass is 920 g/mol. The maximum Gasteiger partial charge on any atom is 0.306 e. The molecule has 14 heteroatoms. The largest absolute Gasteiger partial charge is 0.756 e. The van der Waals surface area contributed by atoms with Crippen LogP contribution in [0.4, 0.5) is 0 Å². The lowest BCUT2D eigenvalue weighted by molar-refractivity contribution is -0.870. The van der Waals surface area contributed by atoms with E-state index in [0.717, 1.165) is 51.4 Å². The number of nitrogens with zero attached hydrogens (tertiary/aromatic N) is 1. The summed E-state index contributed by atoms with van der Waals surface area (Å²) in [6, 6.07) is 0. The minimum absolute atomic E-state index is 0.0383. The minimum Gasteiger partial charge on any atom is -0.756 e. The zero-order valence-corrected chi connectivity index (χ0v) is 40.4. The number of esters is 2. The molecule has 0 radical (unpaired) electrons. The lowest BCUT2D eigenvalue weighted by Gasteiger charge is -2.36. The van der Waals surface area contributed by atoms with Gasteiger partial charge in [0.25, 0.3) is 7.82 Å². The van der Waals surface area contributed by atoms with E-state index in [1.807, 2.05) is 45.4 Å². The smallest absolute Gasteiger partial charge is 0.306 e. The molecular weight excluding hydrogens is 838 g/mol. The molecule has 1 heterocycles. The second kappa shape index (κ2) is 36.9. The van der Waals surface area contributed by atoms with Crippen LogP contribution in [0.3, 0.4) is 0 Å². The highest BCUT2D eigenvalue weighted by Crippen LogP contribution is 2.38. The van der Waals surface area contributed by atoms with Crippen LogP contribution in [0.15, 0.2) is 97.2 Å². The number of ether oxygens (including phenoxy) is 3. The van der Waals surface area contributed by atoms with E-state index in [9.17, 15) is 34.4 Å². The van der Waals surface area contributed by atoms with Gasteiger partial charge in [0.15, 0.2) is 12.4 Å². The molecule has 64 heavy (non-hydrogen) atoms. The van der Waals surface area contributed by atoms with Crippen LogP contribution in [-0.2, 0) is 37.4 Å². The summed E-state index contributed by atoms with van der Waals surface area (Å²) in [7, 11) is 0.952. The first-order valence-corrected chi connectivity index (χ1v) is 24.8. The van der Waals surface area contributed by atoms with Gasteiger partial charge in [-0.3, -0.25) is 14.2 Å². The summed E-state index contributed by atoms with van der Waals surface area (Å²) in [5.41, 5.74) is 0. The molecule has 1 aliphatic heterocycles. The van der Waals surface area contributed by atoms with Gasteiger partial charge in [-0.25, -0.2) is 0 Å². The summed E-state index contributed by atoms with van der Waals surface area (Å²) in [4.78, 5) is 37.8. The Kier molecular flexibility index (Phi) is 33.9. The summed E-state index contributed by atoms with van der Waals surface area (Å²) in [6.07, 6.45) is 39.3. The van der Waals surface area contributed by atoms with E-state index in [4.69, 9.17) is 23.3 Å². The number of carbonyl (C=O) groups is 2. The summed E-state index contributed by atoms with van der Waals surface area (Å²) in [6.45, 7) is 3.58. The van der Waals surface area contributed by atoms with Crippen LogP contribution in [0.5, 0.6) is 0 Å².